The summed E-state index contributed by atoms with van der Waals surface area (Å²) in [4.78, 5) is 10.2. The molecule has 0 radical (unpaired) electrons. The summed E-state index contributed by atoms with van der Waals surface area (Å²) in [5.74, 6) is 0.709. The highest BCUT2D eigenvalue weighted by atomic mass is 14.9. The van der Waals surface area contributed by atoms with Crippen molar-refractivity contribution in [1.82, 2.24) is 9.97 Å². The Morgan fingerprint density at radius 2 is 0.763 bits per heavy atom. The van der Waals surface area contributed by atoms with Crippen molar-refractivity contribution in [1.29, 1.82) is 0 Å². The van der Waals surface area contributed by atoms with Crippen LogP contribution in [0.3, 0.4) is 0 Å². The van der Waals surface area contributed by atoms with E-state index in [1.807, 2.05) is 24.3 Å². The highest BCUT2D eigenvalue weighted by Gasteiger charge is 2.46. The van der Waals surface area contributed by atoms with E-state index in [4.69, 9.17) is 9.97 Å². The van der Waals surface area contributed by atoms with Crippen LogP contribution in [0.25, 0.3) is 78.1 Å². The molecule has 0 bridgehead atoms. The molecule has 9 aromatic carbocycles. The quantitative estimate of drug-likeness (QED) is 0.162. The third kappa shape index (κ3) is 5.88. The van der Waals surface area contributed by atoms with Crippen molar-refractivity contribution >= 4 is 10.8 Å². The van der Waals surface area contributed by atoms with Gasteiger partial charge in [0.15, 0.2) is 5.82 Å². The Hall–Kier alpha value is -7.68. The van der Waals surface area contributed by atoms with Crippen LogP contribution < -0.4 is 0 Å². The highest BCUT2D eigenvalue weighted by molar-refractivity contribution is 5.97. The largest absolute Gasteiger partial charge is 0.228 e. The first kappa shape index (κ1) is 34.6. The molecule has 0 fully saturated rings. The van der Waals surface area contributed by atoms with Gasteiger partial charge in [0, 0.05) is 16.7 Å². The van der Waals surface area contributed by atoms with Crippen molar-refractivity contribution in [2.45, 2.75) is 5.41 Å². The van der Waals surface area contributed by atoms with E-state index in [-0.39, 0.29) is 0 Å². The molecule has 0 aliphatic heterocycles. The molecule has 1 aliphatic carbocycles. The standard InChI is InChI=1S/C57H38N2/c1-5-18-41(19-6-1)54-38-55(59-56(58-54)43-20-7-2-8-21-43)42-32-30-40(31-33-42)50-37-53-51(36-49(50)45-34-29-39-17-13-14-22-44(39)35-45)48-27-15-16-28-52(48)57(53,46-23-9-3-10-24-46)47-25-11-4-12-26-47/h1-38H. The predicted molar refractivity (Wildman–Crippen MR) is 244 cm³/mol. The van der Waals surface area contributed by atoms with E-state index < -0.39 is 5.41 Å². The zero-order valence-electron chi connectivity index (χ0n) is 32.3. The summed E-state index contributed by atoms with van der Waals surface area (Å²) in [6, 6.07) is 83.2. The summed E-state index contributed by atoms with van der Waals surface area (Å²) >= 11 is 0. The molecular formula is C57H38N2. The van der Waals surface area contributed by atoms with Crippen molar-refractivity contribution in [2.75, 3.05) is 0 Å². The Bertz CT molecular complexity index is 3020. The second-order valence-corrected chi connectivity index (χ2v) is 15.3. The topological polar surface area (TPSA) is 25.8 Å². The third-order valence-corrected chi connectivity index (χ3v) is 12.0. The van der Waals surface area contributed by atoms with Gasteiger partial charge in [-0.1, -0.05) is 206 Å². The molecule has 2 heteroatoms. The first-order chi connectivity index (χ1) is 29.2. The minimum absolute atomic E-state index is 0.506. The molecule has 0 amide bonds. The van der Waals surface area contributed by atoms with Gasteiger partial charge < -0.3 is 0 Å². The lowest BCUT2D eigenvalue weighted by Gasteiger charge is -2.34. The average molecular weight is 751 g/mol. The zero-order chi connectivity index (χ0) is 39.2. The van der Waals surface area contributed by atoms with E-state index in [0.717, 1.165) is 33.6 Å². The van der Waals surface area contributed by atoms with Gasteiger partial charge in [-0.3, -0.25) is 0 Å². The second kappa shape index (κ2) is 14.4. The third-order valence-electron chi connectivity index (χ3n) is 12.0. The van der Waals surface area contributed by atoms with Gasteiger partial charge in [0.2, 0.25) is 0 Å². The molecule has 11 rings (SSSR count). The van der Waals surface area contributed by atoms with Crippen LogP contribution in [0.5, 0.6) is 0 Å². The van der Waals surface area contributed by atoms with Crippen molar-refractivity contribution < 1.29 is 0 Å². The van der Waals surface area contributed by atoms with Crippen LogP contribution in [0.1, 0.15) is 22.3 Å². The molecule has 1 aliphatic rings. The normalized spacial score (nSPS) is 12.5. The maximum absolute atomic E-state index is 5.14. The number of rotatable bonds is 7. The molecule has 0 unspecified atom stereocenters. The fraction of sp³-hybridized carbons (Fsp3) is 0.0175. The summed E-state index contributed by atoms with van der Waals surface area (Å²) in [6.07, 6.45) is 0. The van der Waals surface area contributed by atoms with Crippen molar-refractivity contribution in [2.24, 2.45) is 0 Å². The Morgan fingerprint density at radius 1 is 0.271 bits per heavy atom. The van der Waals surface area contributed by atoms with E-state index in [1.54, 1.807) is 0 Å². The van der Waals surface area contributed by atoms with Crippen LogP contribution in [0.4, 0.5) is 0 Å². The molecule has 1 aromatic heterocycles. The minimum atomic E-state index is -0.506. The van der Waals surface area contributed by atoms with Gasteiger partial charge in [0.05, 0.1) is 16.8 Å². The molecule has 0 saturated carbocycles. The van der Waals surface area contributed by atoms with Gasteiger partial charge in [0.25, 0.3) is 0 Å². The van der Waals surface area contributed by atoms with E-state index in [0.29, 0.717) is 5.82 Å². The number of nitrogens with zero attached hydrogens (tertiary/aromatic N) is 2. The molecule has 0 atom stereocenters. The van der Waals surface area contributed by atoms with Gasteiger partial charge in [-0.2, -0.15) is 0 Å². The van der Waals surface area contributed by atoms with E-state index in [9.17, 15) is 0 Å². The average Bonchev–Trinajstić information content (AvgIpc) is 3.62. The molecule has 0 saturated heterocycles. The van der Waals surface area contributed by atoms with Crippen LogP contribution in [-0.2, 0) is 5.41 Å². The first-order valence-corrected chi connectivity index (χ1v) is 20.2. The van der Waals surface area contributed by atoms with Gasteiger partial charge >= 0.3 is 0 Å². The predicted octanol–water partition coefficient (Wildman–Crippen LogP) is 14.3. The van der Waals surface area contributed by atoms with Gasteiger partial charge in [-0.15, -0.1) is 0 Å². The Balaban J connectivity index is 1.14. The summed E-state index contributed by atoms with van der Waals surface area (Å²) < 4.78 is 0. The zero-order valence-corrected chi connectivity index (χ0v) is 32.3. The Labute approximate surface area is 344 Å². The Morgan fingerprint density at radius 3 is 1.42 bits per heavy atom. The van der Waals surface area contributed by atoms with Crippen LogP contribution >= 0.6 is 0 Å². The van der Waals surface area contributed by atoms with Crippen molar-refractivity contribution in [3.05, 3.63) is 253 Å². The molecule has 1 heterocycles. The second-order valence-electron chi connectivity index (χ2n) is 15.3. The van der Waals surface area contributed by atoms with Crippen LogP contribution in [-0.4, -0.2) is 9.97 Å². The summed E-state index contributed by atoms with van der Waals surface area (Å²) in [5, 5.41) is 2.46. The lowest BCUT2D eigenvalue weighted by molar-refractivity contribution is 0.769. The molecule has 2 nitrogen and oxygen atoms in total. The minimum Gasteiger partial charge on any atom is -0.228 e. The monoisotopic (exact) mass is 750 g/mol. The first-order valence-electron chi connectivity index (χ1n) is 20.2. The molecule has 276 valence electrons. The number of benzene rings is 9. The van der Waals surface area contributed by atoms with E-state index >= 15 is 0 Å². The number of hydrogen-bond acceptors (Lipinski definition) is 2. The fourth-order valence-corrected chi connectivity index (χ4v) is 9.21. The lowest BCUT2D eigenvalue weighted by atomic mass is 9.67. The van der Waals surface area contributed by atoms with Crippen LogP contribution in [0, 0.1) is 0 Å². The molecule has 10 aromatic rings. The van der Waals surface area contributed by atoms with Crippen molar-refractivity contribution in [3.8, 4) is 67.3 Å². The maximum Gasteiger partial charge on any atom is 0.160 e. The summed E-state index contributed by atoms with van der Waals surface area (Å²) in [5.41, 5.74) is 16.7. The van der Waals surface area contributed by atoms with Crippen molar-refractivity contribution in [3.63, 3.8) is 0 Å². The highest BCUT2D eigenvalue weighted by Crippen LogP contribution is 2.58. The molecule has 0 N–H and O–H groups in total. The van der Waals surface area contributed by atoms with Crippen LogP contribution in [0.2, 0.25) is 0 Å². The van der Waals surface area contributed by atoms with Gasteiger partial charge in [-0.05, 0) is 90.7 Å². The van der Waals surface area contributed by atoms with Gasteiger partial charge in [-0.25, -0.2) is 9.97 Å². The number of hydrogen-bond donors (Lipinski definition) is 0. The van der Waals surface area contributed by atoms with E-state index in [2.05, 4.69) is 206 Å². The maximum atomic E-state index is 5.14. The number of aromatic nitrogens is 2. The fourth-order valence-electron chi connectivity index (χ4n) is 9.21. The molecule has 59 heavy (non-hydrogen) atoms. The van der Waals surface area contributed by atoms with Crippen LogP contribution in [0.15, 0.2) is 231 Å². The van der Waals surface area contributed by atoms with E-state index in [1.165, 1.54) is 60.8 Å². The summed E-state index contributed by atoms with van der Waals surface area (Å²) in [7, 11) is 0. The molecule has 0 spiro atoms. The Kier molecular flexibility index (Phi) is 8.41. The smallest absolute Gasteiger partial charge is 0.160 e. The van der Waals surface area contributed by atoms with Gasteiger partial charge in [0.1, 0.15) is 0 Å². The summed E-state index contributed by atoms with van der Waals surface area (Å²) in [6.45, 7) is 0. The lowest BCUT2D eigenvalue weighted by Crippen LogP contribution is -2.28. The SMILES string of the molecule is c1ccc(-c2cc(-c3ccc(-c4cc5c(cc4-c4ccc6ccccc6c4)-c4ccccc4C5(c4ccccc4)c4ccccc4)cc3)nc(-c3ccccc3)n2)cc1. The number of fused-ring (bicyclic) bond motifs is 4. The molecular weight excluding hydrogens is 713 g/mol.